The molecular formula is C20H29NO4. The third-order valence-corrected chi connectivity index (χ3v) is 5.11. The molecule has 1 aromatic carbocycles. The molecule has 5 heteroatoms. The number of hydrogen-bond donors (Lipinski definition) is 1. The van der Waals surface area contributed by atoms with Crippen LogP contribution in [0.1, 0.15) is 45.6 Å². The van der Waals surface area contributed by atoms with E-state index in [9.17, 15) is 9.59 Å². The molecule has 0 radical (unpaired) electrons. The van der Waals surface area contributed by atoms with Crippen LogP contribution >= 0.6 is 0 Å². The fourth-order valence-corrected chi connectivity index (χ4v) is 3.19. The van der Waals surface area contributed by atoms with Gasteiger partial charge in [0.15, 0.2) is 13.2 Å². The van der Waals surface area contributed by atoms with Crippen LogP contribution in [0.3, 0.4) is 0 Å². The standard InChI is InChI=1S/C20H29NO4/c1-4-16-8-10-17(11-9-16)24-13-20(23)25-12-19(22)21-18-7-5-6-14(2)15(18)3/h8-11,14-15,18H,4-7,12-13H2,1-3H3,(H,21,22)/t14-,15-,18-/m0/s1. The minimum atomic E-state index is -0.542. The molecule has 0 heterocycles. The number of aryl methyl sites for hydroxylation is 1. The number of hydrogen-bond acceptors (Lipinski definition) is 4. The van der Waals surface area contributed by atoms with Crippen molar-refractivity contribution in [2.45, 2.75) is 52.5 Å². The van der Waals surface area contributed by atoms with E-state index in [4.69, 9.17) is 9.47 Å². The summed E-state index contributed by atoms with van der Waals surface area (Å²) in [6.45, 7) is 6.00. The average molecular weight is 347 g/mol. The number of amides is 1. The molecule has 1 aromatic rings. The first-order valence-corrected chi connectivity index (χ1v) is 9.16. The van der Waals surface area contributed by atoms with Crippen molar-refractivity contribution >= 4 is 11.9 Å². The summed E-state index contributed by atoms with van der Waals surface area (Å²) in [5.41, 5.74) is 1.21. The van der Waals surface area contributed by atoms with Gasteiger partial charge < -0.3 is 14.8 Å². The predicted octanol–water partition coefficient (Wildman–Crippen LogP) is 3.11. The number of carbonyl (C=O) groups is 2. The molecule has 1 aliphatic rings. The van der Waals surface area contributed by atoms with Crippen LogP contribution in [-0.4, -0.2) is 31.1 Å². The second kappa shape index (κ2) is 9.44. The van der Waals surface area contributed by atoms with Gasteiger partial charge in [-0.05, 0) is 42.4 Å². The van der Waals surface area contributed by atoms with Gasteiger partial charge in [0, 0.05) is 6.04 Å². The van der Waals surface area contributed by atoms with E-state index in [0.717, 1.165) is 19.3 Å². The Bertz CT molecular complexity index is 570. The van der Waals surface area contributed by atoms with Gasteiger partial charge in [0.2, 0.25) is 0 Å². The molecule has 5 nitrogen and oxygen atoms in total. The van der Waals surface area contributed by atoms with E-state index in [0.29, 0.717) is 17.6 Å². The fourth-order valence-electron chi connectivity index (χ4n) is 3.19. The van der Waals surface area contributed by atoms with E-state index < -0.39 is 5.97 Å². The molecule has 0 aromatic heterocycles. The highest BCUT2D eigenvalue weighted by atomic mass is 16.6. The third kappa shape index (κ3) is 6.07. The summed E-state index contributed by atoms with van der Waals surface area (Å²) in [6.07, 6.45) is 4.28. The molecule has 2 rings (SSSR count). The van der Waals surface area contributed by atoms with E-state index in [2.05, 4.69) is 26.1 Å². The van der Waals surface area contributed by atoms with Gasteiger partial charge in [0.25, 0.3) is 5.91 Å². The molecule has 1 N–H and O–H groups in total. The Kier molecular flexibility index (Phi) is 7.29. The van der Waals surface area contributed by atoms with E-state index >= 15 is 0 Å². The number of esters is 1. The zero-order valence-corrected chi connectivity index (χ0v) is 15.4. The highest BCUT2D eigenvalue weighted by Crippen LogP contribution is 2.29. The van der Waals surface area contributed by atoms with Gasteiger partial charge in [-0.1, -0.05) is 45.7 Å². The number of rotatable bonds is 7. The number of nitrogens with one attached hydrogen (secondary N) is 1. The van der Waals surface area contributed by atoms with Crippen LogP contribution in [0.5, 0.6) is 5.75 Å². The van der Waals surface area contributed by atoms with Gasteiger partial charge in [-0.3, -0.25) is 4.79 Å². The lowest BCUT2D eigenvalue weighted by molar-refractivity contribution is -0.150. The third-order valence-electron chi connectivity index (χ3n) is 5.11. The molecule has 0 saturated heterocycles. The van der Waals surface area contributed by atoms with Crippen LogP contribution in [0, 0.1) is 11.8 Å². The van der Waals surface area contributed by atoms with E-state index in [1.807, 2.05) is 24.3 Å². The maximum absolute atomic E-state index is 12.0. The maximum atomic E-state index is 12.0. The summed E-state index contributed by atoms with van der Waals surface area (Å²) < 4.78 is 10.4. The second-order valence-electron chi connectivity index (χ2n) is 6.89. The highest BCUT2D eigenvalue weighted by Gasteiger charge is 2.28. The molecule has 1 fully saturated rings. The summed E-state index contributed by atoms with van der Waals surface area (Å²) >= 11 is 0. The van der Waals surface area contributed by atoms with Gasteiger partial charge in [0.05, 0.1) is 0 Å². The predicted molar refractivity (Wildman–Crippen MR) is 96.4 cm³/mol. The second-order valence-corrected chi connectivity index (χ2v) is 6.89. The maximum Gasteiger partial charge on any atom is 0.344 e. The van der Waals surface area contributed by atoms with Crippen LogP contribution in [0.4, 0.5) is 0 Å². The lowest BCUT2D eigenvalue weighted by Gasteiger charge is -2.34. The summed E-state index contributed by atoms with van der Waals surface area (Å²) in [5, 5.41) is 2.98. The van der Waals surface area contributed by atoms with Gasteiger partial charge >= 0.3 is 5.97 Å². The average Bonchev–Trinajstić information content (AvgIpc) is 2.62. The van der Waals surface area contributed by atoms with Crippen molar-refractivity contribution in [2.75, 3.05) is 13.2 Å². The monoisotopic (exact) mass is 347 g/mol. The smallest absolute Gasteiger partial charge is 0.344 e. The van der Waals surface area contributed by atoms with Crippen molar-refractivity contribution < 1.29 is 19.1 Å². The minimum absolute atomic E-state index is 0.170. The molecular weight excluding hydrogens is 318 g/mol. The van der Waals surface area contributed by atoms with Gasteiger partial charge in [0.1, 0.15) is 5.75 Å². The molecule has 25 heavy (non-hydrogen) atoms. The molecule has 0 unspecified atom stereocenters. The first-order valence-electron chi connectivity index (χ1n) is 9.16. The van der Waals surface area contributed by atoms with Crippen LogP contribution in [0.2, 0.25) is 0 Å². The van der Waals surface area contributed by atoms with E-state index in [-0.39, 0.29) is 25.2 Å². The number of ether oxygens (including phenoxy) is 2. The summed E-state index contributed by atoms with van der Waals surface area (Å²) in [6, 6.07) is 7.73. The first kappa shape index (κ1) is 19.3. The molecule has 138 valence electrons. The summed E-state index contributed by atoms with van der Waals surface area (Å²) in [7, 11) is 0. The van der Waals surface area contributed by atoms with Gasteiger partial charge in [-0.2, -0.15) is 0 Å². The molecule has 0 aliphatic heterocycles. The Morgan fingerprint density at radius 1 is 1.12 bits per heavy atom. The van der Waals surface area contributed by atoms with Gasteiger partial charge in [-0.25, -0.2) is 4.79 Å². The summed E-state index contributed by atoms with van der Waals surface area (Å²) in [5.74, 6) is 0.881. The van der Waals surface area contributed by atoms with Gasteiger partial charge in [-0.15, -0.1) is 0 Å². The van der Waals surface area contributed by atoms with Crippen LogP contribution in [-0.2, 0) is 20.7 Å². The zero-order valence-electron chi connectivity index (χ0n) is 15.4. The Morgan fingerprint density at radius 3 is 2.52 bits per heavy atom. The van der Waals surface area contributed by atoms with Crippen molar-refractivity contribution in [3.63, 3.8) is 0 Å². The normalized spacial score (nSPS) is 22.9. The number of carbonyl (C=O) groups excluding carboxylic acids is 2. The topological polar surface area (TPSA) is 64.6 Å². The minimum Gasteiger partial charge on any atom is -0.482 e. The van der Waals surface area contributed by atoms with Crippen molar-refractivity contribution in [3.05, 3.63) is 29.8 Å². The van der Waals surface area contributed by atoms with Crippen molar-refractivity contribution in [1.82, 2.24) is 5.32 Å². The number of benzene rings is 1. The molecule has 0 bridgehead atoms. The van der Waals surface area contributed by atoms with Crippen molar-refractivity contribution in [2.24, 2.45) is 11.8 Å². The van der Waals surface area contributed by atoms with E-state index in [1.165, 1.54) is 12.0 Å². The van der Waals surface area contributed by atoms with Crippen LogP contribution in [0.15, 0.2) is 24.3 Å². The quantitative estimate of drug-likeness (QED) is 0.770. The molecule has 1 saturated carbocycles. The zero-order chi connectivity index (χ0) is 18.2. The van der Waals surface area contributed by atoms with Crippen LogP contribution < -0.4 is 10.1 Å². The van der Waals surface area contributed by atoms with E-state index in [1.54, 1.807) is 0 Å². The SMILES string of the molecule is CCc1ccc(OCC(=O)OCC(=O)N[C@H]2CCC[C@H](C)[C@@H]2C)cc1. The lowest BCUT2D eigenvalue weighted by Crippen LogP contribution is -2.45. The Hall–Kier alpha value is -2.04. The molecule has 1 aliphatic carbocycles. The van der Waals surface area contributed by atoms with Crippen molar-refractivity contribution in [3.8, 4) is 5.75 Å². The molecule has 3 atom stereocenters. The molecule has 1 amide bonds. The molecule has 0 spiro atoms. The Labute approximate surface area is 150 Å². The summed E-state index contributed by atoms with van der Waals surface area (Å²) in [4.78, 5) is 23.7. The largest absolute Gasteiger partial charge is 0.482 e. The highest BCUT2D eigenvalue weighted by molar-refractivity contribution is 5.81. The fraction of sp³-hybridized carbons (Fsp3) is 0.600. The lowest BCUT2D eigenvalue weighted by atomic mass is 9.78. The Morgan fingerprint density at radius 2 is 1.84 bits per heavy atom. The Balaban J connectivity index is 1.67. The first-order chi connectivity index (χ1) is 12.0. The van der Waals surface area contributed by atoms with Crippen LogP contribution in [0.25, 0.3) is 0 Å². The van der Waals surface area contributed by atoms with Crippen molar-refractivity contribution in [1.29, 1.82) is 0 Å².